The smallest absolute Gasteiger partial charge is 0.199 e. The van der Waals surface area contributed by atoms with Gasteiger partial charge >= 0.3 is 0 Å². The van der Waals surface area contributed by atoms with Gasteiger partial charge in [0.05, 0.1) is 23.4 Å². The lowest BCUT2D eigenvalue weighted by atomic mass is 10.2. The van der Waals surface area contributed by atoms with E-state index in [0.29, 0.717) is 23.8 Å². The molecule has 0 atom stereocenters. The number of thiazole rings is 1. The Labute approximate surface area is 165 Å². The van der Waals surface area contributed by atoms with Crippen molar-refractivity contribution in [1.82, 2.24) is 24.2 Å². The highest BCUT2D eigenvalue weighted by Gasteiger charge is 2.13. The second-order valence-electron chi connectivity index (χ2n) is 6.40. The molecule has 2 aromatic carbocycles. The Morgan fingerprint density at radius 3 is 2.63 bits per heavy atom. The number of hydrogen-bond acceptors (Lipinski definition) is 5. The second kappa shape index (κ2) is 7.30. The minimum Gasteiger partial charge on any atom is -0.303 e. The molecule has 4 rings (SSSR count). The van der Waals surface area contributed by atoms with Crippen LogP contribution in [0.15, 0.2) is 48.5 Å². The van der Waals surface area contributed by atoms with Crippen LogP contribution in [0.3, 0.4) is 0 Å². The predicted molar refractivity (Wildman–Crippen MR) is 109 cm³/mol. The summed E-state index contributed by atoms with van der Waals surface area (Å²) in [5.74, 6) is 0.448. The van der Waals surface area contributed by atoms with E-state index >= 15 is 0 Å². The fourth-order valence-corrected chi connectivity index (χ4v) is 4.16. The quantitative estimate of drug-likeness (QED) is 0.465. The van der Waals surface area contributed by atoms with Gasteiger partial charge in [-0.3, -0.25) is 4.90 Å². The van der Waals surface area contributed by atoms with Gasteiger partial charge in [0, 0.05) is 12.6 Å². The summed E-state index contributed by atoms with van der Waals surface area (Å²) in [5, 5.41) is 5.68. The molecular formula is C19H18FN5S2. The fraction of sp³-hybridized carbons (Fsp3) is 0.211. The molecule has 0 aliphatic rings. The molecule has 0 spiro atoms. The van der Waals surface area contributed by atoms with Gasteiger partial charge in [0.1, 0.15) is 10.8 Å². The van der Waals surface area contributed by atoms with E-state index in [4.69, 9.17) is 12.2 Å². The van der Waals surface area contributed by atoms with Crippen LogP contribution in [-0.2, 0) is 20.3 Å². The molecule has 2 aromatic heterocycles. The highest BCUT2D eigenvalue weighted by atomic mass is 32.1. The van der Waals surface area contributed by atoms with Crippen LogP contribution in [0.2, 0.25) is 0 Å². The lowest BCUT2D eigenvalue weighted by Crippen LogP contribution is -2.22. The van der Waals surface area contributed by atoms with Crippen LogP contribution in [0.5, 0.6) is 0 Å². The zero-order valence-electron chi connectivity index (χ0n) is 15.0. The van der Waals surface area contributed by atoms with Crippen LogP contribution in [0.1, 0.15) is 5.01 Å². The van der Waals surface area contributed by atoms with Gasteiger partial charge in [-0.25, -0.2) is 14.1 Å². The molecule has 0 fully saturated rings. The average molecular weight is 400 g/mol. The van der Waals surface area contributed by atoms with E-state index in [-0.39, 0.29) is 5.82 Å². The SMILES string of the molecule is CN(Cc1nc2ccccc2s1)Cn1nc(-c2ccc(F)cc2)n(C)c1=S. The first-order valence-corrected chi connectivity index (χ1v) is 9.66. The van der Waals surface area contributed by atoms with E-state index in [2.05, 4.69) is 21.0 Å². The molecular weight excluding hydrogens is 381 g/mol. The van der Waals surface area contributed by atoms with Gasteiger partial charge in [0.15, 0.2) is 10.6 Å². The Morgan fingerprint density at radius 2 is 1.89 bits per heavy atom. The molecule has 27 heavy (non-hydrogen) atoms. The topological polar surface area (TPSA) is 38.9 Å². The summed E-state index contributed by atoms with van der Waals surface area (Å²) in [4.78, 5) is 6.80. The minimum absolute atomic E-state index is 0.269. The molecule has 8 heteroatoms. The highest BCUT2D eigenvalue weighted by molar-refractivity contribution is 7.71. The van der Waals surface area contributed by atoms with E-state index in [0.717, 1.165) is 16.1 Å². The monoisotopic (exact) mass is 399 g/mol. The molecule has 0 aliphatic heterocycles. The molecule has 0 radical (unpaired) electrons. The molecule has 2 heterocycles. The van der Waals surface area contributed by atoms with Crippen LogP contribution in [0.4, 0.5) is 4.39 Å². The zero-order valence-corrected chi connectivity index (χ0v) is 16.6. The lowest BCUT2D eigenvalue weighted by molar-refractivity contribution is 0.244. The first kappa shape index (κ1) is 18.0. The molecule has 0 N–H and O–H groups in total. The van der Waals surface area contributed by atoms with Gasteiger partial charge in [0.2, 0.25) is 0 Å². The average Bonchev–Trinajstić information content (AvgIpc) is 3.18. The summed E-state index contributed by atoms with van der Waals surface area (Å²) in [6.45, 7) is 1.26. The molecule has 4 aromatic rings. The van der Waals surface area contributed by atoms with E-state index in [1.165, 1.54) is 16.8 Å². The van der Waals surface area contributed by atoms with Crippen LogP contribution in [0.25, 0.3) is 21.6 Å². The number of hydrogen-bond donors (Lipinski definition) is 0. The Balaban J connectivity index is 1.54. The zero-order chi connectivity index (χ0) is 19.0. The maximum Gasteiger partial charge on any atom is 0.199 e. The number of halogens is 1. The van der Waals surface area contributed by atoms with E-state index in [1.807, 2.05) is 36.9 Å². The molecule has 0 saturated heterocycles. The summed E-state index contributed by atoms with van der Waals surface area (Å²) < 4.78 is 18.6. The van der Waals surface area contributed by atoms with Gasteiger partial charge in [-0.05, 0) is 55.7 Å². The van der Waals surface area contributed by atoms with Crippen molar-refractivity contribution in [2.24, 2.45) is 7.05 Å². The van der Waals surface area contributed by atoms with Crippen molar-refractivity contribution in [3.8, 4) is 11.4 Å². The second-order valence-corrected chi connectivity index (χ2v) is 7.88. The van der Waals surface area contributed by atoms with Crippen molar-refractivity contribution in [1.29, 1.82) is 0 Å². The summed E-state index contributed by atoms with van der Waals surface area (Å²) >= 11 is 7.22. The summed E-state index contributed by atoms with van der Waals surface area (Å²) in [7, 11) is 3.89. The van der Waals surface area contributed by atoms with Crippen molar-refractivity contribution in [2.45, 2.75) is 13.2 Å². The Kier molecular flexibility index (Phi) is 4.86. The van der Waals surface area contributed by atoms with E-state index in [1.54, 1.807) is 28.2 Å². The van der Waals surface area contributed by atoms with Gasteiger partial charge in [-0.15, -0.1) is 11.3 Å². The van der Waals surface area contributed by atoms with Gasteiger partial charge in [0.25, 0.3) is 0 Å². The fourth-order valence-electron chi connectivity index (χ4n) is 2.93. The van der Waals surface area contributed by atoms with Crippen LogP contribution < -0.4 is 0 Å². The van der Waals surface area contributed by atoms with Crippen molar-refractivity contribution < 1.29 is 4.39 Å². The number of para-hydroxylation sites is 1. The third kappa shape index (κ3) is 3.69. The number of aromatic nitrogens is 4. The standard InChI is InChI=1S/C19H18FN5S2/c1-23(11-17-21-15-5-3-4-6-16(15)27-17)12-25-19(26)24(2)18(22-25)13-7-9-14(20)10-8-13/h3-10H,11-12H2,1-2H3. The van der Waals surface area contributed by atoms with Gasteiger partial charge < -0.3 is 4.57 Å². The van der Waals surface area contributed by atoms with Crippen LogP contribution in [-0.4, -0.2) is 31.3 Å². The molecule has 0 unspecified atom stereocenters. The summed E-state index contributed by atoms with van der Waals surface area (Å²) in [6, 6.07) is 14.4. The maximum atomic E-state index is 13.2. The van der Waals surface area contributed by atoms with Crippen LogP contribution >= 0.6 is 23.6 Å². The maximum absolute atomic E-state index is 13.2. The Bertz CT molecular complexity index is 1110. The predicted octanol–water partition coefficient (Wildman–Crippen LogP) is 4.46. The molecule has 0 saturated carbocycles. The summed E-state index contributed by atoms with van der Waals surface area (Å²) in [6.07, 6.45) is 0. The van der Waals surface area contributed by atoms with Crippen molar-refractivity contribution in [2.75, 3.05) is 7.05 Å². The van der Waals surface area contributed by atoms with Crippen molar-refractivity contribution >= 4 is 33.8 Å². The Hall–Kier alpha value is -2.42. The molecule has 5 nitrogen and oxygen atoms in total. The number of nitrogens with zero attached hydrogens (tertiary/aromatic N) is 5. The third-order valence-corrected chi connectivity index (χ3v) is 5.77. The van der Waals surface area contributed by atoms with E-state index < -0.39 is 0 Å². The summed E-state index contributed by atoms with van der Waals surface area (Å²) in [5.41, 5.74) is 1.86. The molecule has 0 amide bonds. The first-order chi connectivity index (χ1) is 13.0. The first-order valence-electron chi connectivity index (χ1n) is 8.44. The lowest BCUT2D eigenvalue weighted by Gasteiger charge is -2.14. The highest BCUT2D eigenvalue weighted by Crippen LogP contribution is 2.23. The van der Waals surface area contributed by atoms with Crippen molar-refractivity contribution in [3.63, 3.8) is 0 Å². The van der Waals surface area contributed by atoms with Gasteiger partial charge in [-0.1, -0.05) is 12.1 Å². The number of rotatable bonds is 5. The third-order valence-electron chi connectivity index (χ3n) is 4.26. The molecule has 138 valence electrons. The van der Waals surface area contributed by atoms with Crippen LogP contribution in [0, 0.1) is 10.6 Å². The van der Waals surface area contributed by atoms with E-state index in [9.17, 15) is 4.39 Å². The normalized spacial score (nSPS) is 11.6. The largest absolute Gasteiger partial charge is 0.303 e. The molecule has 0 bridgehead atoms. The number of fused-ring (bicyclic) bond motifs is 1. The molecule has 0 aliphatic carbocycles. The minimum atomic E-state index is -0.269. The van der Waals surface area contributed by atoms with Gasteiger partial charge in [-0.2, -0.15) is 5.10 Å². The number of benzene rings is 2. The van der Waals surface area contributed by atoms with Crippen molar-refractivity contribution in [3.05, 3.63) is 64.1 Å². The Morgan fingerprint density at radius 1 is 1.15 bits per heavy atom.